The second-order valence-corrected chi connectivity index (χ2v) is 6.72. The van der Waals surface area contributed by atoms with Gasteiger partial charge in [-0.25, -0.2) is 4.79 Å². The van der Waals surface area contributed by atoms with Crippen LogP contribution in [-0.2, 0) is 4.79 Å². The van der Waals surface area contributed by atoms with Gasteiger partial charge in [-0.3, -0.25) is 9.69 Å². The average molecular weight is 252 g/mol. The number of hydrogen-bond acceptors (Lipinski definition) is 3. The van der Waals surface area contributed by atoms with E-state index in [0.29, 0.717) is 12.8 Å². The molecule has 3 amide bonds. The van der Waals surface area contributed by atoms with Crippen LogP contribution in [-0.4, -0.2) is 40.0 Å². The first-order chi connectivity index (χ1) is 8.11. The number of carbonyl (C=O) groups excluding carboxylic acids is 2. The third-order valence-electron chi connectivity index (χ3n) is 3.63. The van der Waals surface area contributed by atoms with Crippen LogP contribution in [0.25, 0.3) is 0 Å². The Morgan fingerprint density at radius 3 is 2.06 bits per heavy atom. The smallest absolute Gasteiger partial charge is 0.323 e. The van der Waals surface area contributed by atoms with E-state index in [4.69, 9.17) is 0 Å². The summed E-state index contributed by atoms with van der Waals surface area (Å²) in [6, 6.07) is -0.316. The van der Waals surface area contributed by atoms with Crippen molar-refractivity contribution in [2.45, 2.75) is 57.2 Å². The van der Waals surface area contributed by atoms with Gasteiger partial charge >= 0.3 is 6.03 Å². The SMILES string of the molecule is [CH2]CN1C(=O)NC2(CC(C)(C)NC(C)(C)C2)C1=O. The Morgan fingerprint density at radius 2 is 1.67 bits per heavy atom. The van der Waals surface area contributed by atoms with Crippen LogP contribution in [0.4, 0.5) is 4.79 Å². The molecule has 2 saturated heterocycles. The van der Waals surface area contributed by atoms with Gasteiger partial charge in [0.2, 0.25) is 0 Å². The molecule has 2 heterocycles. The first kappa shape index (κ1) is 13.3. The van der Waals surface area contributed by atoms with Crippen molar-refractivity contribution < 1.29 is 9.59 Å². The number of nitrogens with zero attached hydrogens (tertiary/aromatic N) is 1. The van der Waals surface area contributed by atoms with Crippen molar-refractivity contribution >= 4 is 11.9 Å². The zero-order valence-corrected chi connectivity index (χ0v) is 11.6. The summed E-state index contributed by atoms with van der Waals surface area (Å²) in [5, 5.41) is 6.40. The second kappa shape index (κ2) is 3.70. The van der Waals surface area contributed by atoms with Crippen molar-refractivity contribution in [3.63, 3.8) is 0 Å². The number of piperidine rings is 1. The molecule has 5 heteroatoms. The average Bonchev–Trinajstić information content (AvgIpc) is 2.32. The molecule has 2 aliphatic heterocycles. The third kappa shape index (κ3) is 2.00. The van der Waals surface area contributed by atoms with Crippen LogP contribution in [0.1, 0.15) is 40.5 Å². The van der Waals surface area contributed by atoms with Crippen LogP contribution in [0.5, 0.6) is 0 Å². The van der Waals surface area contributed by atoms with E-state index in [0.717, 1.165) is 0 Å². The van der Waals surface area contributed by atoms with Crippen LogP contribution in [0.2, 0.25) is 0 Å². The summed E-state index contributed by atoms with van der Waals surface area (Å²) in [6.45, 7) is 12.1. The van der Waals surface area contributed by atoms with Crippen molar-refractivity contribution in [2.24, 2.45) is 0 Å². The highest BCUT2D eigenvalue weighted by Crippen LogP contribution is 2.39. The Bertz CT molecular complexity index is 385. The summed E-state index contributed by atoms with van der Waals surface area (Å²) in [5.41, 5.74) is -1.16. The molecule has 0 aromatic carbocycles. The molecule has 0 unspecified atom stereocenters. The maximum atomic E-state index is 12.5. The van der Waals surface area contributed by atoms with Crippen LogP contribution in [0, 0.1) is 6.92 Å². The Kier molecular flexibility index (Phi) is 2.74. The first-order valence-corrected chi connectivity index (χ1v) is 6.34. The fraction of sp³-hybridized carbons (Fsp3) is 0.769. The predicted molar refractivity (Wildman–Crippen MR) is 68.9 cm³/mol. The summed E-state index contributed by atoms with van der Waals surface area (Å²) < 4.78 is 0. The lowest BCUT2D eigenvalue weighted by molar-refractivity contribution is -0.134. The lowest BCUT2D eigenvalue weighted by atomic mass is 9.71. The van der Waals surface area contributed by atoms with Crippen molar-refractivity contribution in [1.29, 1.82) is 0 Å². The molecule has 0 aromatic rings. The van der Waals surface area contributed by atoms with E-state index in [-0.39, 0.29) is 29.6 Å². The van der Waals surface area contributed by atoms with E-state index in [1.165, 1.54) is 4.90 Å². The normalized spacial score (nSPS) is 28.6. The van der Waals surface area contributed by atoms with E-state index in [2.05, 4.69) is 45.3 Å². The van der Waals surface area contributed by atoms with Crippen LogP contribution >= 0.6 is 0 Å². The fourth-order valence-corrected chi connectivity index (χ4v) is 3.69. The molecule has 0 saturated carbocycles. The van der Waals surface area contributed by atoms with Crippen molar-refractivity contribution in [1.82, 2.24) is 15.5 Å². The highest BCUT2D eigenvalue weighted by Gasteiger charge is 2.58. The van der Waals surface area contributed by atoms with Gasteiger partial charge in [-0.1, -0.05) is 0 Å². The van der Waals surface area contributed by atoms with Gasteiger partial charge in [0.1, 0.15) is 5.54 Å². The number of imide groups is 1. The van der Waals surface area contributed by atoms with Crippen molar-refractivity contribution in [3.8, 4) is 0 Å². The number of urea groups is 1. The van der Waals surface area contributed by atoms with Gasteiger partial charge in [0, 0.05) is 17.6 Å². The summed E-state index contributed by atoms with van der Waals surface area (Å²) in [5.74, 6) is -0.134. The predicted octanol–water partition coefficient (Wildman–Crippen LogP) is 1.05. The molecule has 0 bridgehead atoms. The van der Waals surface area contributed by atoms with Crippen molar-refractivity contribution in [3.05, 3.63) is 6.92 Å². The molecule has 0 atom stereocenters. The Hall–Kier alpha value is -1.10. The zero-order chi connectivity index (χ0) is 13.8. The van der Waals surface area contributed by atoms with Gasteiger partial charge < -0.3 is 10.6 Å². The molecule has 0 aliphatic carbocycles. The van der Waals surface area contributed by atoms with Gasteiger partial charge in [-0.15, -0.1) is 0 Å². The molecule has 5 nitrogen and oxygen atoms in total. The summed E-state index contributed by atoms with van der Waals surface area (Å²) in [7, 11) is 0. The molecular formula is C13H22N3O2. The topological polar surface area (TPSA) is 61.4 Å². The van der Waals surface area contributed by atoms with Crippen molar-refractivity contribution in [2.75, 3.05) is 6.54 Å². The minimum Gasteiger partial charge on any atom is -0.323 e. The summed E-state index contributed by atoms with van der Waals surface area (Å²) in [6.07, 6.45) is 1.20. The molecule has 0 aromatic heterocycles. The maximum absolute atomic E-state index is 12.5. The number of amides is 3. The van der Waals surface area contributed by atoms with E-state index >= 15 is 0 Å². The van der Waals surface area contributed by atoms with Gasteiger partial charge in [0.25, 0.3) is 5.91 Å². The van der Waals surface area contributed by atoms with E-state index in [9.17, 15) is 9.59 Å². The fourth-order valence-electron chi connectivity index (χ4n) is 3.69. The minimum absolute atomic E-state index is 0.134. The highest BCUT2D eigenvalue weighted by molar-refractivity contribution is 6.07. The number of rotatable bonds is 1. The molecule has 18 heavy (non-hydrogen) atoms. The number of nitrogens with one attached hydrogen (secondary N) is 2. The van der Waals surface area contributed by atoms with Crippen LogP contribution in [0.3, 0.4) is 0 Å². The zero-order valence-electron chi connectivity index (χ0n) is 11.6. The van der Waals surface area contributed by atoms with E-state index in [1.807, 2.05) is 0 Å². The molecule has 101 valence electrons. The highest BCUT2D eigenvalue weighted by atomic mass is 16.2. The monoisotopic (exact) mass is 252 g/mol. The Balaban J connectivity index is 2.37. The molecule has 2 aliphatic rings. The summed E-state index contributed by atoms with van der Waals surface area (Å²) in [4.78, 5) is 25.5. The van der Waals surface area contributed by atoms with Gasteiger partial charge in [0.15, 0.2) is 0 Å². The molecular weight excluding hydrogens is 230 g/mol. The van der Waals surface area contributed by atoms with Gasteiger partial charge in [-0.2, -0.15) is 0 Å². The first-order valence-electron chi connectivity index (χ1n) is 6.34. The lowest BCUT2D eigenvalue weighted by Gasteiger charge is -2.50. The second-order valence-electron chi connectivity index (χ2n) is 6.72. The number of hydrogen-bond donors (Lipinski definition) is 2. The Labute approximate surface area is 108 Å². The quantitative estimate of drug-likeness (QED) is 0.686. The van der Waals surface area contributed by atoms with Crippen LogP contribution in [0.15, 0.2) is 0 Å². The standard InChI is InChI=1S/C13H22N3O2/c1-6-16-9(17)13(14-10(16)18)7-11(2,3)15-12(4,5)8-13/h15H,1,6-8H2,2-5H3,(H,14,18). The molecule has 1 spiro atoms. The minimum atomic E-state index is -0.771. The molecule has 1 radical (unpaired) electrons. The van der Waals surface area contributed by atoms with E-state index < -0.39 is 5.54 Å². The van der Waals surface area contributed by atoms with E-state index in [1.54, 1.807) is 0 Å². The molecule has 2 fully saturated rings. The van der Waals surface area contributed by atoms with Gasteiger partial charge in [0.05, 0.1) is 0 Å². The largest absolute Gasteiger partial charge is 0.325 e. The Morgan fingerprint density at radius 1 is 1.17 bits per heavy atom. The molecule has 2 rings (SSSR count). The lowest BCUT2D eigenvalue weighted by Crippen LogP contribution is -2.68. The molecule has 2 N–H and O–H groups in total. The summed E-state index contributed by atoms with van der Waals surface area (Å²) >= 11 is 0. The maximum Gasteiger partial charge on any atom is 0.325 e. The van der Waals surface area contributed by atoms with Gasteiger partial charge in [-0.05, 0) is 47.5 Å². The third-order valence-corrected chi connectivity index (χ3v) is 3.63. The number of carbonyl (C=O) groups is 2. The van der Waals surface area contributed by atoms with Crippen LogP contribution < -0.4 is 10.6 Å².